The van der Waals surface area contributed by atoms with Crippen LogP contribution < -0.4 is 5.32 Å². The van der Waals surface area contributed by atoms with Gasteiger partial charge in [-0.2, -0.15) is 11.8 Å². The zero-order valence-corrected chi connectivity index (χ0v) is 12.3. The molecule has 1 N–H and O–H groups in total. The summed E-state index contributed by atoms with van der Waals surface area (Å²) in [5.41, 5.74) is 0. The third kappa shape index (κ3) is 4.67. The lowest BCUT2D eigenvalue weighted by Gasteiger charge is -2.36. The topological polar surface area (TPSA) is 12.0 Å². The number of rotatable bonds is 6. The minimum Gasteiger partial charge on any atom is -0.311 e. The van der Waals surface area contributed by atoms with Crippen molar-refractivity contribution >= 4 is 11.8 Å². The molecule has 2 heteroatoms. The first-order valence-corrected chi connectivity index (χ1v) is 8.14. The predicted octanol–water partition coefficient (Wildman–Crippen LogP) is 3.93. The van der Waals surface area contributed by atoms with Crippen LogP contribution in [0.15, 0.2) is 0 Å². The van der Waals surface area contributed by atoms with Gasteiger partial charge >= 0.3 is 0 Å². The number of nitrogens with one attached hydrogen (secondary N) is 1. The summed E-state index contributed by atoms with van der Waals surface area (Å²) in [5, 5.41) is 3.84. The molecule has 0 radical (unpaired) electrons. The maximum Gasteiger partial charge on any atom is 0.00977 e. The molecule has 0 heterocycles. The molecule has 0 aromatic heterocycles. The lowest BCUT2D eigenvalue weighted by Crippen LogP contribution is -2.44. The molecule has 4 atom stereocenters. The summed E-state index contributed by atoms with van der Waals surface area (Å²) in [6.45, 7) is 9.43. The van der Waals surface area contributed by atoms with Gasteiger partial charge in [-0.25, -0.2) is 0 Å². The van der Waals surface area contributed by atoms with Gasteiger partial charge in [0.2, 0.25) is 0 Å². The normalized spacial score (nSPS) is 32.6. The maximum atomic E-state index is 3.84. The van der Waals surface area contributed by atoms with E-state index in [1.165, 1.54) is 37.2 Å². The van der Waals surface area contributed by atoms with Crippen molar-refractivity contribution in [3.05, 3.63) is 0 Å². The van der Waals surface area contributed by atoms with Crippen LogP contribution in [0.1, 0.15) is 53.4 Å². The summed E-state index contributed by atoms with van der Waals surface area (Å²) < 4.78 is 0. The largest absolute Gasteiger partial charge is 0.311 e. The first kappa shape index (κ1) is 14.4. The summed E-state index contributed by atoms with van der Waals surface area (Å²) in [7, 11) is 0. The molecule has 96 valence electrons. The zero-order chi connectivity index (χ0) is 12.0. The van der Waals surface area contributed by atoms with Crippen LogP contribution in [-0.2, 0) is 0 Å². The Morgan fingerprint density at radius 3 is 2.75 bits per heavy atom. The van der Waals surface area contributed by atoms with Gasteiger partial charge in [-0.15, -0.1) is 0 Å². The van der Waals surface area contributed by atoms with E-state index in [0.29, 0.717) is 6.04 Å². The molecule has 1 fully saturated rings. The van der Waals surface area contributed by atoms with E-state index in [-0.39, 0.29) is 0 Å². The van der Waals surface area contributed by atoms with Gasteiger partial charge in [0.15, 0.2) is 0 Å². The fourth-order valence-electron chi connectivity index (χ4n) is 2.67. The van der Waals surface area contributed by atoms with Crippen molar-refractivity contribution in [2.24, 2.45) is 11.8 Å². The minimum absolute atomic E-state index is 0.691. The molecule has 1 nitrogen and oxygen atoms in total. The monoisotopic (exact) mass is 243 g/mol. The molecule has 0 aromatic rings. The Kier molecular flexibility index (Phi) is 6.83. The van der Waals surface area contributed by atoms with E-state index in [9.17, 15) is 0 Å². The van der Waals surface area contributed by atoms with Gasteiger partial charge < -0.3 is 5.32 Å². The molecule has 0 saturated heterocycles. The maximum absolute atomic E-state index is 3.84. The standard InChI is InChI=1S/C14H29NS/c1-5-16-10-9-12(3)15-14-8-6-7-11(2)13(14)4/h11-15H,5-10H2,1-4H3. The Balaban J connectivity index is 2.23. The smallest absolute Gasteiger partial charge is 0.00977 e. The van der Waals surface area contributed by atoms with Gasteiger partial charge in [0.05, 0.1) is 0 Å². The summed E-state index contributed by atoms with van der Waals surface area (Å²) in [5.74, 6) is 4.32. The Bertz CT molecular complexity index is 184. The average molecular weight is 243 g/mol. The molecular weight excluding hydrogens is 214 g/mol. The van der Waals surface area contributed by atoms with Crippen molar-refractivity contribution in [1.82, 2.24) is 5.32 Å². The molecule has 0 bridgehead atoms. The van der Waals surface area contributed by atoms with Crippen LogP contribution in [0.4, 0.5) is 0 Å². The molecule has 0 amide bonds. The van der Waals surface area contributed by atoms with Crippen molar-refractivity contribution in [2.45, 2.75) is 65.5 Å². The molecule has 0 aliphatic heterocycles. The quantitative estimate of drug-likeness (QED) is 0.709. The lowest BCUT2D eigenvalue weighted by atomic mass is 9.78. The van der Waals surface area contributed by atoms with Gasteiger partial charge in [-0.3, -0.25) is 0 Å². The van der Waals surface area contributed by atoms with Gasteiger partial charge in [-0.1, -0.05) is 33.6 Å². The highest BCUT2D eigenvalue weighted by Gasteiger charge is 2.27. The first-order chi connectivity index (χ1) is 7.65. The van der Waals surface area contributed by atoms with Gasteiger partial charge in [-0.05, 0) is 43.1 Å². The number of hydrogen-bond donors (Lipinski definition) is 1. The zero-order valence-electron chi connectivity index (χ0n) is 11.5. The molecule has 1 aliphatic carbocycles. The van der Waals surface area contributed by atoms with Crippen LogP contribution in [-0.4, -0.2) is 23.6 Å². The van der Waals surface area contributed by atoms with Gasteiger partial charge in [0.25, 0.3) is 0 Å². The summed E-state index contributed by atoms with van der Waals surface area (Å²) in [4.78, 5) is 0. The second-order valence-electron chi connectivity index (χ2n) is 5.43. The lowest BCUT2D eigenvalue weighted by molar-refractivity contribution is 0.195. The van der Waals surface area contributed by atoms with Crippen molar-refractivity contribution in [1.29, 1.82) is 0 Å². The third-order valence-electron chi connectivity index (χ3n) is 4.10. The molecule has 1 rings (SSSR count). The van der Waals surface area contributed by atoms with Gasteiger partial charge in [0.1, 0.15) is 0 Å². The SMILES string of the molecule is CCSCCC(C)NC1CCCC(C)C1C. The highest BCUT2D eigenvalue weighted by Crippen LogP contribution is 2.29. The Morgan fingerprint density at radius 2 is 2.06 bits per heavy atom. The van der Waals surface area contributed by atoms with E-state index in [1.807, 2.05) is 0 Å². The Labute approximate surface area is 106 Å². The van der Waals surface area contributed by atoms with Crippen molar-refractivity contribution in [3.63, 3.8) is 0 Å². The highest BCUT2D eigenvalue weighted by molar-refractivity contribution is 7.99. The molecule has 0 aromatic carbocycles. The van der Waals surface area contributed by atoms with Crippen LogP contribution in [0.5, 0.6) is 0 Å². The highest BCUT2D eigenvalue weighted by atomic mass is 32.2. The molecule has 1 aliphatic rings. The summed E-state index contributed by atoms with van der Waals surface area (Å²) in [6, 6.07) is 1.46. The summed E-state index contributed by atoms with van der Waals surface area (Å²) in [6.07, 6.45) is 5.55. The molecular formula is C14H29NS. The summed E-state index contributed by atoms with van der Waals surface area (Å²) >= 11 is 2.06. The van der Waals surface area contributed by atoms with E-state index < -0.39 is 0 Å². The van der Waals surface area contributed by atoms with Crippen LogP contribution >= 0.6 is 11.8 Å². The minimum atomic E-state index is 0.691. The molecule has 16 heavy (non-hydrogen) atoms. The van der Waals surface area contributed by atoms with Crippen molar-refractivity contribution < 1.29 is 0 Å². The number of hydrogen-bond acceptors (Lipinski definition) is 2. The van der Waals surface area contributed by atoms with Crippen LogP contribution in [0.3, 0.4) is 0 Å². The average Bonchev–Trinajstić information content (AvgIpc) is 2.25. The van der Waals surface area contributed by atoms with Crippen LogP contribution in [0.25, 0.3) is 0 Å². The van der Waals surface area contributed by atoms with E-state index in [4.69, 9.17) is 0 Å². The fourth-order valence-corrected chi connectivity index (χ4v) is 3.48. The molecule has 1 saturated carbocycles. The van der Waals surface area contributed by atoms with Crippen LogP contribution in [0, 0.1) is 11.8 Å². The van der Waals surface area contributed by atoms with E-state index >= 15 is 0 Å². The Morgan fingerprint density at radius 1 is 1.31 bits per heavy atom. The fraction of sp³-hybridized carbons (Fsp3) is 1.00. The van der Waals surface area contributed by atoms with Crippen molar-refractivity contribution in [3.8, 4) is 0 Å². The van der Waals surface area contributed by atoms with E-state index in [1.54, 1.807) is 0 Å². The first-order valence-electron chi connectivity index (χ1n) is 6.99. The van der Waals surface area contributed by atoms with Crippen molar-refractivity contribution in [2.75, 3.05) is 11.5 Å². The predicted molar refractivity (Wildman–Crippen MR) is 76.2 cm³/mol. The second-order valence-corrected chi connectivity index (χ2v) is 6.82. The van der Waals surface area contributed by atoms with E-state index in [0.717, 1.165) is 17.9 Å². The number of thioether (sulfide) groups is 1. The molecule has 4 unspecified atom stereocenters. The molecule has 0 spiro atoms. The van der Waals surface area contributed by atoms with E-state index in [2.05, 4.69) is 44.8 Å². The third-order valence-corrected chi connectivity index (χ3v) is 5.04. The Hall–Kier alpha value is 0.310. The van der Waals surface area contributed by atoms with Gasteiger partial charge in [0, 0.05) is 12.1 Å². The second kappa shape index (κ2) is 7.60. The van der Waals surface area contributed by atoms with Crippen LogP contribution in [0.2, 0.25) is 0 Å².